The van der Waals surface area contributed by atoms with Crippen molar-refractivity contribution in [3.8, 4) is 10.6 Å². The van der Waals surface area contributed by atoms with Gasteiger partial charge in [0, 0.05) is 10.9 Å². The Kier molecular flexibility index (Phi) is 4.63. The van der Waals surface area contributed by atoms with Crippen LogP contribution in [-0.4, -0.2) is 41.6 Å². The molecule has 8 heteroatoms. The van der Waals surface area contributed by atoms with E-state index in [1.54, 1.807) is 17.5 Å². The molecule has 0 unspecified atom stereocenters. The first kappa shape index (κ1) is 15.6. The summed E-state index contributed by atoms with van der Waals surface area (Å²) in [5.74, 6) is -1.04. The van der Waals surface area contributed by atoms with Gasteiger partial charge in [-0.1, -0.05) is 0 Å². The van der Waals surface area contributed by atoms with Crippen LogP contribution in [-0.2, 0) is 9.63 Å². The zero-order valence-corrected chi connectivity index (χ0v) is 12.9. The minimum absolute atomic E-state index is 0.137. The van der Waals surface area contributed by atoms with Gasteiger partial charge in [0.15, 0.2) is 0 Å². The number of nitrogens with zero attached hydrogens (tertiary/aromatic N) is 2. The number of halogens is 1. The molecule has 1 saturated heterocycles. The van der Waals surface area contributed by atoms with E-state index in [2.05, 4.69) is 10.3 Å². The van der Waals surface area contributed by atoms with Crippen LogP contribution in [0.25, 0.3) is 10.6 Å². The molecule has 2 heterocycles. The molecule has 0 aliphatic carbocycles. The lowest BCUT2D eigenvalue weighted by Gasteiger charge is -2.13. The van der Waals surface area contributed by atoms with Gasteiger partial charge in [0.25, 0.3) is 11.8 Å². The average molecular weight is 335 g/mol. The number of thiazole rings is 1. The van der Waals surface area contributed by atoms with Crippen molar-refractivity contribution in [3.63, 3.8) is 0 Å². The second-order valence-corrected chi connectivity index (χ2v) is 5.77. The summed E-state index contributed by atoms with van der Waals surface area (Å²) in [6.45, 7) is 0.926. The number of benzene rings is 1. The molecule has 0 bridgehead atoms. The van der Waals surface area contributed by atoms with Crippen LogP contribution in [0.5, 0.6) is 0 Å². The van der Waals surface area contributed by atoms with E-state index in [0.717, 1.165) is 12.0 Å². The van der Waals surface area contributed by atoms with Crippen molar-refractivity contribution in [1.82, 2.24) is 15.4 Å². The van der Waals surface area contributed by atoms with Crippen LogP contribution < -0.4 is 5.32 Å². The molecular weight excluding hydrogens is 321 g/mol. The van der Waals surface area contributed by atoms with Crippen molar-refractivity contribution in [2.45, 2.75) is 6.42 Å². The number of amides is 2. The zero-order valence-electron chi connectivity index (χ0n) is 12.1. The summed E-state index contributed by atoms with van der Waals surface area (Å²) < 4.78 is 12.9. The van der Waals surface area contributed by atoms with Gasteiger partial charge in [-0.15, -0.1) is 11.3 Å². The molecule has 0 saturated carbocycles. The van der Waals surface area contributed by atoms with Gasteiger partial charge in [-0.25, -0.2) is 14.4 Å². The molecule has 0 atom stereocenters. The summed E-state index contributed by atoms with van der Waals surface area (Å²) in [5, 5.41) is 6.00. The van der Waals surface area contributed by atoms with E-state index in [4.69, 9.17) is 4.84 Å². The average Bonchev–Trinajstić information content (AvgIpc) is 3.24. The molecular formula is C15H14FN3O3S. The van der Waals surface area contributed by atoms with Gasteiger partial charge in [0.05, 0.1) is 19.7 Å². The Morgan fingerprint density at radius 2 is 2.13 bits per heavy atom. The molecule has 1 aliphatic heterocycles. The standard InChI is InChI=1S/C15H14FN3O3S/c16-11-4-2-10(3-5-11)15-18-12(9-23-15)14(21)17-8-13(20)19-6-1-7-22-19/h2-5,9H,1,6-8H2,(H,17,21). The first-order valence-corrected chi connectivity index (χ1v) is 7.94. The minimum atomic E-state index is -0.429. The molecule has 0 radical (unpaired) electrons. The van der Waals surface area contributed by atoms with Gasteiger partial charge in [0.1, 0.15) is 16.5 Å². The molecule has 1 aromatic heterocycles. The summed E-state index contributed by atoms with van der Waals surface area (Å²) in [5.41, 5.74) is 0.960. The van der Waals surface area contributed by atoms with Crippen molar-refractivity contribution in [2.24, 2.45) is 0 Å². The van der Waals surface area contributed by atoms with Gasteiger partial charge in [0.2, 0.25) is 0 Å². The molecule has 3 rings (SSSR count). The molecule has 120 valence electrons. The molecule has 23 heavy (non-hydrogen) atoms. The number of aromatic nitrogens is 1. The van der Waals surface area contributed by atoms with Crippen molar-refractivity contribution in [3.05, 3.63) is 41.2 Å². The number of rotatable bonds is 4. The topological polar surface area (TPSA) is 71.5 Å². The van der Waals surface area contributed by atoms with Crippen LogP contribution in [0.4, 0.5) is 4.39 Å². The minimum Gasteiger partial charge on any atom is -0.342 e. The van der Waals surface area contributed by atoms with E-state index >= 15 is 0 Å². The predicted molar refractivity (Wildman–Crippen MR) is 82.1 cm³/mol. The van der Waals surface area contributed by atoms with Crippen molar-refractivity contribution in [2.75, 3.05) is 19.7 Å². The van der Waals surface area contributed by atoms with Crippen LogP contribution in [0.15, 0.2) is 29.6 Å². The fourth-order valence-corrected chi connectivity index (χ4v) is 2.89. The Bertz CT molecular complexity index is 711. The monoisotopic (exact) mass is 335 g/mol. The highest BCUT2D eigenvalue weighted by Crippen LogP contribution is 2.23. The van der Waals surface area contributed by atoms with Crippen molar-refractivity contribution >= 4 is 23.2 Å². The van der Waals surface area contributed by atoms with Crippen molar-refractivity contribution in [1.29, 1.82) is 0 Å². The van der Waals surface area contributed by atoms with Crippen molar-refractivity contribution < 1.29 is 18.8 Å². The maximum Gasteiger partial charge on any atom is 0.271 e. The normalized spacial score (nSPS) is 14.0. The van der Waals surface area contributed by atoms with Crippen LogP contribution in [0, 0.1) is 5.82 Å². The van der Waals surface area contributed by atoms with E-state index in [1.807, 2.05) is 0 Å². The summed E-state index contributed by atoms with van der Waals surface area (Å²) in [4.78, 5) is 33.1. The maximum atomic E-state index is 12.9. The van der Waals surface area contributed by atoms with E-state index in [0.29, 0.717) is 18.2 Å². The highest BCUT2D eigenvalue weighted by atomic mass is 32.1. The molecule has 1 N–H and O–H groups in total. The number of hydrogen-bond acceptors (Lipinski definition) is 5. The SMILES string of the molecule is O=C(NCC(=O)N1CCCO1)c1csc(-c2ccc(F)cc2)n1. The number of carbonyl (C=O) groups is 2. The zero-order chi connectivity index (χ0) is 16.2. The molecule has 1 fully saturated rings. The van der Waals surface area contributed by atoms with E-state index in [1.165, 1.54) is 28.5 Å². The van der Waals surface area contributed by atoms with Crippen LogP contribution in [0.3, 0.4) is 0 Å². The third-order valence-corrected chi connectivity index (χ3v) is 4.15. The highest BCUT2D eigenvalue weighted by molar-refractivity contribution is 7.13. The number of hydroxylamine groups is 2. The summed E-state index contributed by atoms with van der Waals surface area (Å²) in [7, 11) is 0. The fraction of sp³-hybridized carbons (Fsp3) is 0.267. The molecule has 1 aliphatic rings. The smallest absolute Gasteiger partial charge is 0.271 e. The van der Waals surface area contributed by atoms with E-state index < -0.39 is 5.91 Å². The second kappa shape index (κ2) is 6.84. The number of hydrogen-bond donors (Lipinski definition) is 1. The Balaban J connectivity index is 1.59. The van der Waals surface area contributed by atoms with Gasteiger partial charge < -0.3 is 5.32 Å². The highest BCUT2D eigenvalue weighted by Gasteiger charge is 2.20. The lowest BCUT2D eigenvalue weighted by molar-refractivity contribution is -0.167. The van der Waals surface area contributed by atoms with Gasteiger partial charge in [-0.05, 0) is 30.7 Å². The Morgan fingerprint density at radius 3 is 2.83 bits per heavy atom. The second-order valence-electron chi connectivity index (χ2n) is 4.91. The third-order valence-electron chi connectivity index (χ3n) is 3.26. The largest absolute Gasteiger partial charge is 0.342 e. The Labute approximate surface area is 135 Å². The summed E-state index contributed by atoms with van der Waals surface area (Å²) in [6, 6.07) is 5.88. The third kappa shape index (κ3) is 3.72. The van der Waals surface area contributed by atoms with Crippen LogP contribution in [0.2, 0.25) is 0 Å². The molecule has 6 nitrogen and oxygen atoms in total. The van der Waals surface area contributed by atoms with E-state index in [9.17, 15) is 14.0 Å². The van der Waals surface area contributed by atoms with Gasteiger partial charge >= 0.3 is 0 Å². The predicted octanol–water partition coefficient (Wildman–Crippen LogP) is 1.84. The molecule has 0 spiro atoms. The van der Waals surface area contributed by atoms with Crippen LogP contribution >= 0.6 is 11.3 Å². The Morgan fingerprint density at radius 1 is 1.35 bits per heavy atom. The number of nitrogens with one attached hydrogen (secondary N) is 1. The fourth-order valence-electron chi connectivity index (χ4n) is 2.08. The summed E-state index contributed by atoms with van der Waals surface area (Å²) in [6.07, 6.45) is 0.798. The van der Waals surface area contributed by atoms with Gasteiger partial charge in [-0.2, -0.15) is 0 Å². The molecule has 1 aromatic carbocycles. The lowest BCUT2D eigenvalue weighted by atomic mass is 10.2. The summed E-state index contributed by atoms with van der Waals surface area (Å²) >= 11 is 1.28. The lowest BCUT2D eigenvalue weighted by Crippen LogP contribution is -2.38. The Hall–Kier alpha value is -2.32. The van der Waals surface area contributed by atoms with E-state index in [-0.39, 0.29) is 24.0 Å². The van der Waals surface area contributed by atoms with Crippen LogP contribution in [0.1, 0.15) is 16.9 Å². The molecule has 2 aromatic rings. The number of carbonyl (C=O) groups excluding carboxylic acids is 2. The quantitative estimate of drug-likeness (QED) is 0.925. The maximum absolute atomic E-state index is 12.9. The van der Waals surface area contributed by atoms with Gasteiger partial charge in [-0.3, -0.25) is 14.4 Å². The molecule has 2 amide bonds. The first-order chi connectivity index (χ1) is 11.1. The first-order valence-electron chi connectivity index (χ1n) is 7.06.